The van der Waals surface area contributed by atoms with E-state index < -0.39 is 12.5 Å². The summed E-state index contributed by atoms with van der Waals surface area (Å²) in [6, 6.07) is 3.62. The van der Waals surface area contributed by atoms with E-state index in [4.69, 9.17) is 5.73 Å². The van der Waals surface area contributed by atoms with E-state index in [1.165, 1.54) is 28.3 Å². The first-order valence-electron chi connectivity index (χ1n) is 12.5. The number of rotatable bonds is 6. The molecule has 6 rings (SSSR count). The third kappa shape index (κ3) is 3.90. The molecule has 3 aromatic heterocycles. The number of nitrogens with zero attached hydrogens (tertiary/aromatic N) is 5. The molecular weight excluding hydrogens is 474 g/mol. The van der Waals surface area contributed by atoms with E-state index in [1.807, 2.05) is 6.07 Å². The molecule has 0 aromatic carbocycles. The molecule has 0 unspecified atom stereocenters. The molecule has 0 atom stereocenters. The predicted octanol–water partition coefficient (Wildman–Crippen LogP) is 1.79. The van der Waals surface area contributed by atoms with Crippen LogP contribution >= 0.6 is 0 Å². The monoisotopic (exact) mass is 503 g/mol. The second-order valence-electron chi connectivity index (χ2n) is 10.9. The fourth-order valence-electron chi connectivity index (χ4n) is 5.53. The molecule has 3 amide bonds. The Hall–Kier alpha value is -3.99. The minimum Gasteiger partial charge on any atom is -0.391 e. The Balaban J connectivity index is 1.35. The predicted molar refractivity (Wildman–Crippen MR) is 134 cm³/mol. The Morgan fingerprint density at radius 2 is 2.03 bits per heavy atom. The number of amides is 3. The lowest BCUT2D eigenvalue weighted by Crippen LogP contribution is -2.41. The number of aliphatic hydroxyl groups is 1. The number of fused-ring (bicyclic) bond motifs is 3. The summed E-state index contributed by atoms with van der Waals surface area (Å²) in [7, 11) is 0. The summed E-state index contributed by atoms with van der Waals surface area (Å²) in [5.74, 6) is -0.878. The zero-order chi connectivity index (χ0) is 26.1. The SMILES string of the molecule is CC1(C)Cc2cc3n(c2C1)CCN(c1nccc(-n2cc(NC(=O)C4CC4)c(C(N)=O)n2)c1CO)C3=O. The highest BCUT2D eigenvalue weighted by atomic mass is 16.3. The molecule has 3 aliphatic rings. The number of aromatic nitrogens is 4. The Morgan fingerprint density at radius 3 is 2.73 bits per heavy atom. The highest BCUT2D eigenvalue weighted by molar-refractivity contribution is 6.06. The number of nitrogens with one attached hydrogen (secondary N) is 1. The molecule has 4 heterocycles. The van der Waals surface area contributed by atoms with E-state index in [0.717, 1.165) is 25.7 Å². The van der Waals surface area contributed by atoms with Crippen molar-refractivity contribution in [1.82, 2.24) is 19.3 Å². The lowest BCUT2D eigenvalue weighted by Gasteiger charge is -2.30. The standard InChI is InChI=1S/C26H29N7O4/c1-26(2)10-15-9-19-25(37)32(8-7-31(19)20(15)11-26)23-16(13-34)18(5-6-28-23)33-12-17(21(30-33)22(27)35)29-24(36)14-3-4-14/h5-6,9,12,14,34H,3-4,7-8,10-11,13H2,1-2H3,(H2,27,35)(H,29,36). The van der Waals surface area contributed by atoms with E-state index in [-0.39, 0.29) is 34.5 Å². The molecule has 192 valence electrons. The number of hydrogen-bond donors (Lipinski definition) is 3. The first-order chi connectivity index (χ1) is 17.7. The number of pyridine rings is 1. The smallest absolute Gasteiger partial charge is 0.276 e. The van der Waals surface area contributed by atoms with Crippen LogP contribution in [0.15, 0.2) is 24.5 Å². The van der Waals surface area contributed by atoms with Crippen LogP contribution in [-0.2, 0) is 30.8 Å². The third-order valence-electron chi connectivity index (χ3n) is 7.45. The van der Waals surface area contributed by atoms with Crippen molar-refractivity contribution in [3.05, 3.63) is 52.7 Å². The molecule has 3 aromatic rings. The molecule has 0 bridgehead atoms. The number of carbonyl (C=O) groups is 3. The van der Waals surface area contributed by atoms with Gasteiger partial charge in [0.05, 0.1) is 24.2 Å². The van der Waals surface area contributed by atoms with Crippen LogP contribution in [0.3, 0.4) is 0 Å². The number of hydrogen-bond acceptors (Lipinski definition) is 6. The molecule has 0 spiro atoms. The summed E-state index contributed by atoms with van der Waals surface area (Å²) in [6.45, 7) is 5.10. The van der Waals surface area contributed by atoms with E-state index in [0.29, 0.717) is 35.9 Å². The Bertz CT molecular complexity index is 1460. The number of carbonyl (C=O) groups excluding carboxylic acids is 3. The van der Waals surface area contributed by atoms with Crippen LogP contribution in [-0.4, -0.2) is 48.7 Å². The maximum atomic E-state index is 13.6. The zero-order valence-electron chi connectivity index (χ0n) is 20.8. The largest absolute Gasteiger partial charge is 0.391 e. The van der Waals surface area contributed by atoms with E-state index in [1.54, 1.807) is 11.0 Å². The van der Waals surface area contributed by atoms with Gasteiger partial charge in [-0.3, -0.25) is 19.3 Å². The maximum Gasteiger partial charge on any atom is 0.276 e. The van der Waals surface area contributed by atoms with Crippen LogP contribution in [0, 0.1) is 11.3 Å². The van der Waals surface area contributed by atoms with Gasteiger partial charge in [0.2, 0.25) is 5.91 Å². The van der Waals surface area contributed by atoms with Crippen molar-refractivity contribution in [2.24, 2.45) is 17.1 Å². The van der Waals surface area contributed by atoms with Crippen LogP contribution in [0.5, 0.6) is 0 Å². The zero-order valence-corrected chi connectivity index (χ0v) is 20.8. The van der Waals surface area contributed by atoms with Gasteiger partial charge in [0.1, 0.15) is 11.5 Å². The van der Waals surface area contributed by atoms with Gasteiger partial charge in [0.25, 0.3) is 11.8 Å². The van der Waals surface area contributed by atoms with Crippen LogP contribution < -0.4 is 16.0 Å². The molecule has 11 heteroatoms. The van der Waals surface area contributed by atoms with Crippen molar-refractivity contribution < 1.29 is 19.5 Å². The third-order valence-corrected chi connectivity index (χ3v) is 7.45. The molecular formula is C26H29N7O4. The second-order valence-corrected chi connectivity index (χ2v) is 10.9. The lowest BCUT2D eigenvalue weighted by molar-refractivity contribution is -0.117. The number of aliphatic hydroxyl groups excluding tert-OH is 1. The van der Waals surface area contributed by atoms with Crippen molar-refractivity contribution in [2.75, 3.05) is 16.8 Å². The number of primary amides is 1. The first-order valence-corrected chi connectivity index (χ1v) is 12.5. The van der Waals surface area contributed by atoms with Crippen LogP contribution in [0.4, 0.5) is 11.5 Å². The van der Waals surface area contributed by atoms with Crippen molar-refractivity contribution >= 4 is 29.2 Å². The van der Waals surface area contributed by atoms with Gasteiger partial charge in [-0.05, 0) is 48.8 Å². The second kappa shape index (κ2) is 8.27. The average Bonchev–Trinajstić information content (AvgIpc) is 3.45. The fraction of sp³-hybridized carbons (Fsp3) is 0.423. The highest BCUT2D eigenvalue weighted by Crippen LogP contribution is 2.40. The van der Waals surface area contributed by atoms with Gasteiger partial charge in [-0.1, -0.05) is 13.8 Å². The number of anilines is 2. The van der Waals surface area contributed by atoms with Crippen LogP contribution in [0.25, 0.3) is 5.69 Å². The van der Waals surface area contributed by atoms with Crippen LogP contribution in [0.1, 0.15) is 64.5 Å². The summed E-state index contributed by atoms with van der Waals surface area (Å²) >= 11 is 0. The topological polar surface area (TPSA) is 148 Å². The van der Waals surface area contributed by atoms with Crippen molar-refractivity contribution in [1.29, 1.82) is 0 Å². The molecule has 37 heavy (non-hydrogen) atoms. The first kappa shape index (κ1) is 23.4. The van der Waals surface area contributed by atoms with Gasteiger partial charge in [0, 0.05) is 36.5 Å². The number of nitrogens with two attached hydrogens (primary N) is 1. The van der Waals surface area contributed by atoms with Crippen molar-refractivity contribution in [3.63, 3.8) is 0 Å². The Labute approximate surface area is 213 Å². The van der Waals surface area contributed by atoms with Gasteiger partial charge in [-0.2, -0.15) is 5.10 Å². The van der Waals surface area contributed by atoms with Gasteiger partial charge in [-0.25, -0.2) is 9.67 Å². The summed E-state index contributed by atoms with van der Waals surface area (Å²) in [4.78, 5) is 44.0. The molecule has 0 radical (unpaired) electrons. The maximum absolute atomic E-state index is 13.6. The van der Waals surface area contributed by atoms with Crippen LogP contribution in [0.2, 0.25) is 0 Å². The Kier molecular flexibility index (Phi) is 5.23. The minimum atomic E-state index is -0.784. The molecule has 11 nitrogen and oxygen atoms in total. The van der Waals surface area contributed by atoms with Gasteiger partial charge >= 0.3 is 0 Å². The quantitative estimate of drug-likeness (QED) is 0.467. The average molecular weight is 504 g/mol. The summed E-state index contributed by atoms with van der Waals surface area (Å²) in [6.07, 6.45) is 6.51. The minimum absolute atomic E-state index is 0.0684. The molecule has 1 aliphatic heterocycles. The van der Waals surface area contributed by atoms with E-state index in [9.17, 15) is 19.5 Å². The highest BCUT2D eigenvalue weighted by Gasteiger charge is 2.38. The Morgan fingerprint density at radius 1 is 1.24 bits per heavy atom. The lowest BCUT2D eigenvalue weighted by atomic mass is 9.90. The van der Waals surface area contributed by atoms with Gasteiger partial charge in [-0.15, -0.1) is 0 Å². The van der Waals surface area contributed by atoms with Crippen molar-refractivity contribution in [2.45, 2.75) is 52.7 Å². The van der Waals surface area contributed by atoms with Gasteiger partial charge < -0.3 is 20.7 Å². The normalized spacial score (nSPS) is 18.0. The fourth-order valence-corrected chi connectivity index (χ4v) is 5.53. The van der Waals surface area contributed by atoms with Crippen molar-refractivity contribution in [3.8, 4) is 5.69 Å². The molecule has 0 saturated heterocycles. The summed E-state index contributed by atoms with van der Waals surface area (Å²) in [5, 5.41) is 17.4. The summed E-state index contributed by atoms with van der Waals surface area (Å²) in [5.41, 5.74) is 9.72. The molecule has 2 aliphatic carbocycles. The summed E-state index contributed by atoms with van der Waals surface area (Å²) < 4.78 is 3.50. The molecule has 4 N–H and O–H groups in total. The molecule has 1 saturated carbocycles. The van der Waals surface area contributed by atoms with E-state index in [2.05, 4.69) is 33.8 Å². The molecule has 1 fully saturated rings. The van der Waals surface area contributed by atoms with E-state index >= 15 is 0 Å². The van der Waals surface area contributed by atoms with Gasteiger partial charge in [0.15, 0.2) is 5.69 Å².